The maximum absolute atomic E-state index is 13.2. The average Bonchev–Trinajstić information content (AvgIpc) is 2.98. The van der Waals surface area contributed by atoms with Gasteiger partial charge in [-0.25, -0.2) is 4.79 Å². The largest absolute Gasteiger partial charge is 0.478 e. The number of amides is 3. The number of hydrogen-bond acceptors (Lipinski definition) is 5. The van der Waals surface area contributed by atoms with E-state index in [-0.39, 0.29) is 22.9 Å². The zero-order valence-corrected chi connectivity index (χ0v) is 22.9. The van der Waals surface area contributed by atoms with E-state index in [0.717, 1.165) is 16.0 Å². The van der Waals surface area contributed by atoms with E-state index in [2.05, 4.69) is 16.0 Å². The number of hydrogen-bond donors (Lipinski definition) is 4. The van der Waals surface area contributed by atoms with Gasteiger partial charge in [-0.15, -0.1) is 11.8 Å². The van der Waals surface area contributed by atoms with Crippen molar-refractivity contribution in [3.05, 3.63) is 131 Å². The SMILES string of the molecule is Cc1ccc(/C=C(\NC(=O)c2ccccc2)C(=O)Nc2ccc(SCC(=O)Nc3cccc(C(=O)O)c3)cc2)cc1. The number of aromatic carboxylic acids is 1. The smallest absolute Gasteiger partial charge is 0.335 e. The molecule has 4 aromatic carbocycles. The number of nitrogens with one attached hydrogen (secondary N) is 3. The van der Waals surface area contributed by atoms with Crippen LogP contribution in [0.2, 0.25) is 0 Å². The van der Waals surface area contributed by atoms with E-state index in [1.807, 2.05) is 31.2 Å². The fourth-order valence-corrected chi connectivity index (χ4v) is 4.38. The molecule has 0 aliphatic carbocycles. The minimum Gasteiger partial charge on any atom is -0.478 e. The van der Waals surface area contributed by atoms with Crippen LogP contribution in [0.1, 0.15) is 31.8 Å². The number of thioether (sulfide) groups is 1. The Bertz CT molecular complexity index is 1580. The third kappa shape index (κ3) is 8.67. The molecule has 3 amide bonds. The van der Waals surface area contributed by atoms with Crippen LogP contribution < -0.4 is 16.0 Å². The summed E-state index contributed by atoms with van der Waals surface area (Å²) < 4.78 is 0. The number of carbonyl (C=O) groups is 4. The molecule has 0 fully saturated rings. The van der Waals surface area contributed by atoms with Crippen molar-refractivity contribution in [1.29, 1.82) is 0 Å². The van der Waals surface area contributed by atoms with Crippen molar-refractivity contribution < 1.29 is 24.3 Å². The minimum absolute atomic E-state index is 0.0876. The predicted molar refractivity (Wildman–Crippen MR) is 161 cm³/mol. The number of carboxylic acid groups (broad SMARTS) is 1. The molecule has 0 aliphatic heterocycles. The summed E-state index contributed by atoms with van der Waals surface area (Å²) in [7, 11) is 0. The molecule has 0 atom stereocenters. The molecule has 9 heteroatoms. The van der Waals surface area contributed by atoms with Crippen LogP contribution in [0.15, 0.2) is 114 Å². The second kappa shape index (κ2) is 13.8. The van der Waals surface area contributed by atoms with Gasteiger partial charge in [-0.3, -0.25) is 14.4 Å². The molecular formula is C32H27N3O5S. The van der Waals surface area contributed by atoms with E-state index >= 15 is 0 Å². The Hall–Kier alpha value is -5.15. The summed E-state index contributed by atoms with van der Waals surface area (Å²) in [6.07, 6.45) is 1.62. The molecule has 0 aromatic heterocycles. The lowest BCUT2D eigenvalue weighted by molar-refractivity contribution is -0.114. The highest BCUT2D eigenvalue weighted by Crippen LogP contribution is 2.21. The Morgan fingerprint density at radius 3 is 2.12 bits per heavy atom. The normalized spacial score (nSPS) is 10.9. The standard InChI is InChI=1S/C32H27N3O5S/c1-21-10-12-22(13-11-21)18-28(35-30(37)23-6-3-2-4-7-23)31(38)34-25-14-16-27(17-15-25)41-20-29(36)33-26-9-5-8-24(19-26)32(39)40/h2-19H,20H2,1H3,(H,33,36)(H,34,38)(H,35,37)(H,39,40)/b28-18-. The Morgan fingerprint density at radius 1 is 0.756 bits per heavy atom. The fraction of sp³-hybridized carbons (Fsp3) is 0.0625. The van der Waals surface area contributed by atoms with Crippen LogP contribution in [0.25, 0.3) is 6.08 Å². The topological polar surface area (TPSA) is 125 Å². The first-order valence-corrected chi connectivity index (χ1v) is 13.6. The van der Waals surface area contributed by atoms with E-state index in [1.54, 1.807) is 72.8 Å². The Morgan fingerprint density at radius 2 is 1.44 bits per heavy atom. The highest BCUT2D eigenvalue weighted by Gasteiger charge is 2.15. The van der Waals surface area contributed by atoms with Gasteiger partial charge < -0.3 is 21.1 Å². The average molecular weight is 566 g/mol. The molecule has 0 aliphatic rings. The molecular weight excluding hydrogens is 538 g/mol. The third-order valence-corrected chi connectivity index (χ3v) is 6.80. The molecule has 4 N–H and O–H groups in total. The maximum atomic E-state index is 13.2. The Labute approximate surface area is 241 Å². The maximum Gasteiger partial charge on any atom is 0.335 e. The lowest BCUT2D eigenvalue weighted by atomic mass is 10.1. The van der Waals surface area contributed by atoms with E-state index in [4.69, 9.17) is 5.11 Å². The van der Waals surface area contributed by atoms with Crippen molar-refractivity contribution in [2.45, 2.75) is 11.8 Å². The summed E-state index contributed by atoms with van der Waals surface area (Å²) in [5, 5.41) is 17.3. The molecule has 41 heavy (non-hydrogen) atoms. The van der Waals surface area contributed by atoms with Crippen molar-refractivity contribution in [3.63, 3.8) is 0 Å². The zero-order valence-electron chi connectivity index (χ0n) is 22.1. The monoisotopic (exact) mass is 565 g/mol. The van der Waals surface area contributed by atoms with Crippen LogP contribution in [0.4, 0.5) is 11.4 Å². The van der Waals surface area contributed by atoms with Crippen LogP contribution in [0.3, 0.4) is 0 Å². The van der Waals surface area contributed by atoms with Crippen LogP contribution in [0, 0.1) is 6.92 Å². The molecule has 206 valence electrons. The summed E-state index contributed by atoms with van der Waals surface area (Å²) in [5.74, 6) is -2.14. The number of benzene rings is 4. The third-order valence-electron chi connectivity index (χ3n) is 5.79. The highest BCUT2D eigenvalue weighted by molar-refractivity contribution is 8.00. The molecule has 4 rings (SSSR count). The Balaban J connectivity index is 1.39. The predicted octanol–water partition coefficient (Wildman–Crippen LogP) is 5.83. The highest BCUT2D eigenvalue weighted by atomic mass is 32.2. The van der Waals surface area contributed by atoms with Gasteiger partial charge in [0, 0.05) is 21.8 Å². The van der Waals surface area contributed by atoms with Crippen LogP contribution in [-0.2, 0) is 9.59 Å². The van der Waals surface area contributed by atoms with Gasteiger partial charge in [-0.05, 0) is 73.2 Å². The quantitative estimate of drug-likeness (QED) is 0.142. The molecule has 0 saturated heterocycles. The summed E-state index contributed by atoms with van der Waals surface area (Å²) in [4.78, 5) is 50.2. The molecule has 4 aromatic rings. The van der Waals surface area contributed by atoms with Crippen molar-refractivity contribution in [2.75, 3.05) is 16.4 Å². The van der Waals surface area contributed by atoms with Crippen molar-refractivity contribution in [3.8, 4) is 0 Å². The van der Waals surface area contributed by atoms with Crippen molar-refractivity contribution >= 4 is 52.9 Å². The molecule has 0 radical (unpaired) electrons. The first-order valence-electron chi connectivity index (χ1n) is 12.6. The van der Waals surface area contributed by atoms with Crippen molar-refractivity contribution in [2.24, 2.45) is 0 Å². The van der Waals surface area contributed by atoms with Gasteiger partial charge >= 0.3 is 5.97 Å². The van der Waals surface area contributed by atoms with Gasteiger partial charge in [-0.2, -0.15) is 0 Å². The summed E-state index contributed by atoms with van der Waals surface area (Å²) in [5.41, 5.74) is 3.35. The number of carbonyl (C=O) groups excluding carboxylic acids is 3. The number of anilines is 2. The summed E-state index contributed by atoms with van der Waals surface area (Å²) in [6, 6.07) is 29.2. The van der Waals surface area contributed by atoms with E-state index in [9.17, 15) is 19.2 Å². The first-order chi connectivity index (χ1) is 19.8. The van der Waals surface area contributed by atoms with Gasteiger partial charge in [0.2, 0.25) is 5.91 Å². The van der Waals surface area contributed by atoms with E-state index in [1.165, 1.54) is 23.9 Å². The lowest BCUT2D eigenvalue weighted by Crippen LogP contribution is -2.30. The first kappa shape index (κ1) is 28.8. The van der Waals surface area contributed by atoms with Gasteiger partial charge in [0.15, 0.2) is 0 Å². The summed E-state index contributed by atoms with van der Waals surface area (Å²) in [6.45, 7) is 1.97. The number of aryl methyl sites for hydroxylation is 1. The lowest BCUT2D eigenvalue weighted by Gasteiger charge is -2.12. The molecule has 0 heterocycles. The molecule has 8 nitrogen and oxygen atoms in total. The molecule has 0 spiro atoms. The second-order valence-electron chi connectivity index (χ2n) is 8.99. The van der Waals surface area contributed by atoms with Gasteiger partial charge in [-0.1, -0.05) is 54.1 Å². The van der Waals surface area contributed by atoms with E-state index < -0.39 is 17.8 Å². The summed E-state index contributed by atoms with van der Waals surface area (Å²) >= 11 is 1.29. The number of carboxylic acids is 1. The van der Waals surface area contributed by atoms with Gasteiger partial charge in [0.1, 0.15) is 5.70 Å². The van der Waals surface area contributed by atoms with Gasteiger partial charge in [0.05, 0.1) is 11.3 Å². The molecule has 0 bridgehead atoms. The second-order valence-corrected chi connectivity index (χ2v) is 10.0. The Kier molecular flexibility index (Phi) is 9.69. The zero-order chi connectivity index (χ0) is 29.2. The molecule has 0 saturated carbocycles. The van der Waals surface area contributed by atoms with Gasteiger partial charge in [0.25, 0.3) is 11.8 Å². The minimum atomic E-state index is -1.07. The van der Waals surface area contributed by atoms with Crippen LogP contribution in [0.5, 0.6) is 0 Å². The number of rotatable bonds is 10. The van der Waals surface area contributed by atoms with E-state index in [0.29, 0.717) is 16.9 Å². The van der Waals surface area contributed by atoms with Crippen molar-refractivity contribution in [1.82, 2.24) is 5.32 Å². The molecule has 0 unspecified atom stereocenters. The fourth-order valence-electron chi connectivity index (χ4n) is 3.68. The van der Waals surface area contributed by atoms with Crippen LogP contribution in [-0.4, -0.2) is 34.6 Å². The van der Waals surface area contributed by atoms with Crippen LogP contribution >= 0.6 is 11.8 Å².